The quantitative estimate of drug-likeness (QED) is 0.417. The molecule has 0 unspecified atom stereocenters. The van der Waals surface area contributed by atoms with Gasteiger partial charge in [-0.15, -0.1) is 0 Å². The van der Waals surface area contributed by atoms with Crippen LogP contribution in [0.1, 0.15) is 0 Å². The maximum atomic E-state index is 9.98. The van der Waals surface area contributed by atoms with Crippen molar-refractivity contribution in [2.24, 2.45) is 11.5 Å². The molecule has 6 heteroatoms. The Morgan fingerprint density at radius 2 is 1.85 bits per heavy atom. The zero-order valence-corrected chi connectivity index (χ0v) is 9.13. The van der Waals surface area contributed by atoms with Crippen molar-refractivity contribution in [2.75, 3.05) is 40.3 Å². The van der Waals surface area contributed by atoms with E-state index in [1.54, 1.807) is 0 Å². The molecule has 0 radical (unpaired) electrons. The van der Waals surface area contributed by atoms with Gasteiger partial charge in [-0.2, -0.15) is 0 Å². The summed E-state index contributed by atoms with van der Waals surface area (Å²) in [6.07, 6.45) is 0. The smallest absolute Gasteiger partial charge is 0.00461 e. The maximum Gasteiger partial charge on any atom is 0.00461 e. The fourth-order valence-electron chi connectivity index (χ4n) is 0.411. The minimum absolute atomic E-state index is 0.0928. The van der Waals surface area contributed by atoms with Gasteiger partial charge in [-0.25, -0.2) is 0 Å². The average molecular weight is 208 g/mol. The van der Waals surface area contributed by atoms with Crippen LogP contribution >= 0.6 is 7.92 Å². The number of aliphatic hydroxyl groups is 1. The van der Waals surface area contributed by atoms with Crippen LogP contribution in [0.25, 0.3) is 0 Å². The van der Waals surface area contributed by atoms with E-state index in [1.165, 1.54) is 0 Å². The second kappa shape index (κ2) is 9.93. The van der Waals surface area contributed by atoms with Gasteiger partial charge >= 0.3 is 55.1 Å². The molecule has 0 aliphatic heterocycles. The van der Waals surface area contributed by atoms with Gasteiger partial charge in [0.2, 0.25) is 0 Å². The van der Waals surface area contributed by atoms with Gasteiger partial charge < -0.3 is 11.5 Å². The number of aliphatic hydroxyl groups excluding tert-OH is 1. The van der Waals surface area contributed by atoms with Gasteiger partial charge in [0.05, 0.1) is 0 Å². The van der Waals surface area contributed by atoms with Crippen LogP contribution in [0.2, 0.25) is 0 Å². The Balaban J connectivity index is 0. The molecular formula is C7H19N3O2P+. The number of rotatable bonds is 3. The molecule has 13 heavy (non-hydrogen) atoms. The summed E-state index contributed by atoms with van der Waals surface area (Å²) in [5, 5.41) is 8.47. The summed E-state index contributed by atoms with van der Waals surface area (Å²) in [4.78, 5) is 0. The van der Waals surface area contributed by atoms with E-state index in [0.717, 1.165) is 0 Å². The second-order valence-electron chi connectivity index (χ2n) is 2.90. The van der Waals surface area contributed by atoms with E-state index >= 15 is 0 Å². The molecule has 0 aliphatic carbocycles. The van der Waals surface area contributed by atoms with Crippen molar-refractivity contribution in [3.8, 4) is 5.75 Å². The van der Waals surface area contributed by atoms with Gasteiger partial charge in [0.1, 0.15) is 0 Å². The Morgan fingerprint density at radius 1 is 1.38 bits per heavy atom. The molecule has 0 atom stereocenters. The number of hydrogen-bond acceptors (Lipinski definition) is 4. The molecule has 0 spiro atoms. The molecule has 0 aromatic carbocycles. The number of nitrogens with two attached hydrogens (primary N) is 2. The summed E-state index contributed by atoms with van der Waals surface area (Å²) in [6.45, 7) is 1.84. The van der Waals surface area contributed by atoms with Crippen LogP contribution in [0.3, 0.4) is 0 Å². The molecule has 0 bridgehead atoms. The summed E-state index contributed by atoms with van der Waals surface area (Å²) < 4.78 is 10.3. The van der Waals surface area contributed by atoms with E-state index in [2.05, 4.69) is 5.75 Å². The largest absolute Gasteiger partial charge is 0.329 e. The Morgan fingerprint density at radius 3 is 2.08 bits per heavy atom. The second-order valence-corrected chi connectivity index (χ2v) is 3.28. The first kappa shape index (κ1) is 15.3. The molecule has 0 aliphatic rings. The molecule has 0 saturated heterocycles. The zero-order valence-electron chi connectivity index (χ0n) is 8.23. The standard InChI is InChI=1S/C5H11NO2P.C2H8N2/c1-6(2,3-4-7)5-9-8;3-1-2-4/h7H,3-4H2,1-2H3;1-4H2/q+1;. The number of likely N-dealkylation sites (N-methyl/N-ethyl adjacent to an activating group) is 1. The molecule has 0 rings (SSSR count). The molecule has 5 N–H and O–H groups in total. The fourth-order valence-corrected chi connectivity index (χ4v) is 0.732. The van der Waals surface area contributed by atoms with Crippen molar-refractivity contribution in [3.05, 3.63) is 0 Å². The van der Waals surface area contributed by atoms with E-state index in [1.807, 2.05) is 14.1 Å². The van der Waals surface area contributed by atoms with E-state index in [0.29, 0.717) is 24.1 Å². The van der Waals surface area contributed by atoms with Gasteiger partial charge in [-0.1, -0.05) is 0 Å². The first-order valence-corrected chi connectivity index (χ1v) is 4.79. The molecule has 0 aromatic heterocycles. The van der Waals surface area contributed by atoms with Crippen LogP contribution in [-0.4, -0.2) is 49.9 Å². The predicted molar refractivity (Wildman–Crippen MR) is 53.7 cm³/mol. The SMILES string of the molecule is C[N+](C)(C#P=O)CCO.NCCN. The van der Waals surface area contributed by atoms with Gasteiger partial charge in [-0.05, 0) is 0 Å². The first-order valence-electron chi connectivity index (χ1n) is 3.97. The third kappa shape index (κ3) is 14.7. The molecular weight excluding hydrogens is 189 g/mol. The molecule has 0 saturated carbocycles. The summed E-state index contributed by atoms with van der Waals surface area (Å²) >= 11 is 0. The first-order chi connectivity index (χ1) is 6.04. The minimum Gasteiger partial charge on any atom is -0.329 e. The van der Waals surface area contributed by atoms with Crippen LogP contribution in [-0.2, 0) is 4.57 Å². The van der Waals surface area contributed by atoms with Crippen molar-refractivity contribution in [3.63, 3.8) is 0 Å². The van der Waals surface area contributed by atoms with Crippen molar-refractivity contribution in [1.29, 1.82) is 0 Å². The third-order valence-corrected chi connectivity index (χ3v) is 1.76. The predicted octanol–water partition coefficient (Wildman–Crippen LogP) is -0.833. The van der Waals surface area contributed by atoms with Crippen molar-refractivity contribution >= 4 is 7.92 Å². The van der Waals surface area contributed by atoms with E-state index in [4.69, 9.17) is 16.6 Å². The molecule has 0 amide bonds. The normalized spacial score (nSPS) is 9.62. The van der Waals surface area contributed by atoms with Gasteiger partial charge in [-0.3, -0.25) is 0 Å². The van der Waals surface area contributed by atoms with Gasteiger partial charge in [0.25, 0.3) is 0 Å². The number of hydrogen-bond donors (Lipinski definition) is 3. The van der Waals surface area contributed by atoms with E-state index < -0.39 is 0 Å². The van der Waals surface area contributed by atoms with Crippen molar-refractivity contribution < 1.29 is 14.2 Å². The van der Waals surface area contributed by atoms with Crippen molar-refractivity contribution in [2.45, 2.75) is 0 Å². The van der Waals surface area contributed by atoms with Crippen LogP contribution in [0.4, 0.5) is 0 Å². The maximum absolute atomic E-state index is 9.98. The molecule has 5 nitrogen and oxygen atoms in total. The Kier molecular flexibility index (Phi) is 11.7. The van der Waals surface area contributed by atoms with Crippen LogP contribution in [0.5, 0.6) is 0 Å². The Bertz CT molecular complexity index is 199. The minimum atomic E-state index is -0.105. The van der Waals surface area contributed by atoms with Crippen LogP contribution in [0, 0.1) is 5.75 Å². The van der Waals surface area contributed by atoms with E-state index in [9.17, 15) is 4.57 Å². The number of nitrogens with zero attached hydrogens (tertiary/aromatic N) is 1. The monoisotopic (exact) mass is 208 g/mol. The Labute approximate surface area is 80.4 Å². The molecule has 78 valence electrons. The van der Waals surface area contributed by atoms with Crippen LogP contribution in [0.15, 0.2) is 0 Å². The molecule has 0 fully saturated rings. The summed E-state index contributed by atoms with van der Waals surface area (Å²) in [5.41, 5.74) is 9.81. The fraction of sp³-hybridized carbons (Fsp3) is 0.857. The molecule has 0 heterocycles. The third-order valence-electron chi connectivity index (χ3n) is 1.14. The van der Waals surface area contributed by atoms with Crippen molar-refractivity contribution in [1.82, 2.24) is 0 Å². The Hall–Kier alpha value is -0.150. The molecule has 0 aromatic rings. The average Bonchev–Trinajstić information content (AvgIpc) is 2.04. The van der Waals surface area contributed by atoms with Gasteiger partial charge in [0, 0.05) is 13.1 Å². The topological polar surface area (TPSA) is 89.3 Å². The summed E-state index contributed by atoms with van der Waals surface area (Å²) in [6, 6.07) is 0. The van der Waals surface area contributed by atoms with E-state index in [-0.39, 0.29) is 14.5 Å². The zero-order chi connectivity index (χ0) is 10.7. The summed E-state index contributed by atoms with van der Waals surface area (Å²) in [7, 11) is 3.54. The van der Waals surface area contributed by atoms with Crippen LogP contribution < -0.4 is 11.5 Å². The summed E-state index contributed by atoms with van der Waals surface area (Å²) in [5.74, 6) is 2.62. The van der Waals surface area contributed by atoms with Gasteiger partial charge in [0.15, 0.2) is 0 Å². The number of quaternary nitrogens is 1.